The number of rotatable bonds is 9. The summed E-state index contributed by atoms with van der Waals surface area (Å²) >= 11 is 0. The molecule has 0 heterocycles. The molecule has 172 valence electrons. The number of nitrogens with zero attached hydrogens (tertiary/aromatic N) is 1. The molecule has 31 heavy (non-hydrogen) atoms. The van der Waals surface area contributed by atoms with Crippen LogP contribution in [0.3, 0.4) is 0 Å². The number of carbonyl (C=O) groups is 3. The Labute approximate surface area is 184 Å². The van der Waals surface area contributed by atoms with Crippen molar-refractivity contribution >= 4 is 23.4 Å². The van der Waals surface area contributed by atoms with E-state index in [9.17, 15) is 24.7 Å². The van der Waals surface area contributed by atoms with Crippen molar-refractivity contribution < 1.29 is 24.7 Å². The fraction of sp³-hybridized carbons (Fsp3) is 0.522. The minimum Gasteiger partial charge on any atom is -0.508 e. The lowest BCUT2D eigenvalue weighted by molar-refractivity contribution is -0.159. The predicted octanol–water partition coefficient (Wildman–Crippen LogP) is 3.67. The van der Waals surface area contributed by atoms with Crippen LogP contribution in [0.1, 0.15) is 54.4 Å². The second kappa shape index (κ2) is 10.9. The smallest absolute Gasteiger partial charge is 0.251 e. The summed E-state index contributed by atoms with van der Waals surface area (Å²) in [6.07, 6.45) is 0.210. The summed E-state index contributed by atoms with van der Waals surface area (Å²) < 4.78 is 0. The lowest BCUT2D eigenvalue weighted by Gasteiger charge is -2.32. The molecule has 8 heteroatoms. The lowest BCUT2D eigenvalue weighted by Crippen LogP contribution is -2.53. The van der Waals surface area contributed by atoms with E-state index in [4.69, 9.17) is 0 Å². The van der Waals surface area contributed by atoms with Gasteiger partial charge in [-0.05, 0) is 48.9 Å². The number of allylic oxidation sites excluding steroid dienone is 1. The van der Waals surface area contributed by atoms with Gasteiger partial charge in [0, 0.05) is 23.7 Å². The van der Waals surface area contributed by atoms with Gasteiger partial charge in [0.2, 0.25) is 11.8 Å². The topological polar surface area (TPSA) is 119 Å². The summed E-state index contributed by atoms with van der Waals surface area (Å²) in [5.41, 5.74) is 0.0381. The number of anilines is 1. The van der Waals surface area contributed by atoms with Crippen molar-refractivity contribution in [2.45, 2.75) is 60.4 Å². The lowest BCUT2D eigenvalue weighted by atomic mass is 9.85. The zero-order chi connectivity index (χ0) is 23.9. The van der Waals surface area contributed by atoms with Crippen molar-refractivity contribution in [1.29, 1.82) is 0 Å². The number of hydroxylamine groups is 2. The van der Waals surface area contributed by atoms with Gasteiger partial charge in [-0.25, -0.2) is 0 Å². The molecule has 8 nitrogen and oxygen atoms in total. The van der Waals surface area contributed by atoms with E-state index in [1.165, 1.54) is 19.1 Å². The molecule has 1 aromatic rings. The fourth-order valence-corrected chi connectivity index (χ4v) is 3.06. The SMILES string of the molecule is C=C(C)N(O)C(=O)C[C@@H](CC(C)C)C(=O)N[C@H](C(=O)Nc1ccc(O)cc1)C(C)(C)C. The number of benzene rings is 1. The van der Waals surface area contributed by atoms with Gasteiger partial charge in [-0.2, -0.15) is 5.06 Å². The molecule has 0 aliphatic heterocycles. The molecule has 0 saturated heterocycles. The largest absolute Gasteiger partial charge is 0.508 e. The number of phenols is 1. The summed E-state index contributed by atoms with van der Waals surface area (Å²) in [7, 11) is 0. The average Bonchev–Trinajstić information content (AvgIpc) is 2.64. The molecule has 1 rings (SSSR count). The summed E-state index contributed by atoms with van der Waals surface area (Å²) in [5.74, 6) is -1.99. The summed E-state index contributed by atoms with van der Waals surface area (Å²) in [6, 6.07) is 5.15. The monoisotopic (exact) mass is 433 g/mol. The van der Waals surface area contributed by atoms with Gasteiger partial charge in [0.15, 0.2) is 0 Å². The Morgan fingerprint density at radius 3 is 2.10 bits per heavy atom. The van der Waals surface area contributed by atoms with Crippen molar-refractivity contribution in [1.82, 2.24) is 10.4 Å². The van der Waals surface area contributed by atoms with Crippen molar-refractivity contribution in [2.24, 2.45) is 17.3 Å². The Morgan fingerprint density at radius 1 is 1.10 bits per heavy atom. The molecule has 0 aliphatic rings. The molecule has 4 N–H and O–H groups in total. The van der Waals surface area contributed by atoms with E-state index in [-0.39, 0.29) is 23.8 Å². The number of nitrogens with one attached hydrogen (secondary N) is 2. The van der Waals surface area contributed by atoms with Gasteiger partial charge < -0.3 is 15.7 Å². The van der Waals surface area contributed by atoms with Crippen LogP contribution in [0, 0.1) is 17.3 Å². The molecule has 0 unspecified atom stereocenters. The highest BCUT2D eigenvalue weighted by atomic mass is 16.5. The molecule has 0 aromatic heterocycles. The maximum atomic E-state index is 13.1. The zero-order valence-electron chi connectivity index (χ0n) is 19.2. The summed E-state index contributed by atoms with van der Waals surface area (Å²) in [4.78, 5) is 38.3. The van der Waals surface area contributed by atoms with Gasteiger partial charge in [-0.15, -0.1) is 0 Å². The standard InChI is InChI=1S/C23H35N3O5/c1-14(2)12-16(13-19(28)26(31)15(3)4)21(29)25-20(23(5,6)7)22(30)24-17-8-10-18(27)11-9-17/h8-11,14,16,20,27,31H,3,12-13H2,1-2,4-7H3,(H,24,30)(H,25,29)/t16-,20-/m1/s1. The van der Waals surface area contributed by atoms with E-state index in [0.29, 0.717) is 17.2 Å². The van der Waals surface area contributed by atoms with Gasteiger partial charge >= 0.3 is 0 Å². The van der Waals surface area contributed by atoms with Crippen molar-refractivity contribution in [3.63, 3.8) is 0 Å². The number of amides is 3. The molecule has 0 fully saturated rings. The molecule has 0 radical (unpaired) electrons. The van der Waals surface area contributed by atoms with Crippen LogP contribution >= 0.6 is 0 Å². The van der Waals surface area contributed by atoms with Crippen LogP contribution < -0.4 is 10.6 Å². The maximum absolute atomic E-state index is 13.1. The third-order valence-corrected chi connectivity index (χ3v) is 4.70. The minimum absolute atomic E-state index is 0.0764. The van der Waals surface area contributed by atoms with Crippen LogP contribution in [-0.4, -0.2) is 39.1 Å². The zero-order valence-corrected chi connectivity index (χ0v) is 19.2. The van der Waals surface area contributed by atoms with Crippen LogP contribution in [0.2, 0.25) is 0 Å². The van der Waals surface area contributed by atoms with Crippen LogP contribution in [0.4, 0.5) is 5.69 Å². The maximum Gasteiger partial charge on any atom is 0.251 e. The normalized spacial score (nSPS) is 13.3. The number of aromatic hydroxyl groups is 1. The number of hydrogen-bond donors (Lipinski definition) is 4. The first-order valence-electron chi connectivity index (χ1n) is 10.3. The second-order valence-electron chi connectivity index (χ2n) is 9.32. The molecule has 0 spiro atoms. The molecule has 2 atom stereocenters. The van der Waals surface area contributed by atoms with E-state index >= 15 is 0 Å². The van der Waals surface area contributed by atoms with Crippen LogP contribution in [0.15, 0.2) is 36.5 Å². The molecular formula is C23H35N3O5. The highest BCUT2D eigenvalue weighted by molar-refractivity contribution is 5.98. The molecule has 0 bridgehead atoms. The number of hydrogen-bond acceptors (Lipinski definition) is 5. The highest BCUT2D eigenvalue weighted by Gasteiger charge is 2.35. The Balaban J connectivity index is 3.02. The first-order chi connectivity index (χ1) is 14.2. The Bertz CT molecular complexity index is 796. The van der Waals surface area contributed by atoms with E-state index in [0.717, 1.165) is 0 Å². The van der Waals surface area contributed by atoms with E-state index in [1.807, 2.05) is 34.6 Å². The summed E-state index contributed by atoms with van der Waals surface area (Å²) in [6.45, 7) is 14.3. The third kappa shape index (κ3) is 8.41. The second-order valence-corrected chi connectivity index (χ2v) is 9.32. The van der Waals surface area contributed by atoms with Crippen molar-refractivity contribution in [3.05, 3.63) is 36.5 Å². The van der Waals surface area contributed by atoms with Crippen LogP contribution in [-0.2, 0) is 14.4 Å². The fourth-order valence-electron chi connectivity index (χ4n) is 3.06. The van der Waals surface area contributed by atoms with Crippen LogP contribution in [0.5, 0.6) is 5.75 Å². The Kier molecular flexibility index (Phi) is 9.24. The molecule has 0 aliphatic carbocycles. The predicted molar refractivity (Wildman–Crippen MR) is 119 cm³/mol. The Morgan fingerprint density at radius 2 is 1.65 bits per heavy atom. The molecule has 3 amide bonds. The van der Waals surface area contributed by atoms with Gasteiger partial charge in [0.1, 0.15) is 11.8 Å². The van der Waals surface area contributed by atoms with E-state index < -0.39 is 35.1 Å². The first kappa shape index (κ1) is 26.2. The van der Waals surface area contributed by atoms with Crippen LogP contribution in [0.25, 0.3) is 0 Å². The minimum atomic E-state index is -0.870. The highest BCUT2D eigenvalue weighted by Crippen LogP contribution is 2.24. The van der Waals surface area contributed by atoms with Gasteiger partial charge in [0.05, 0.1) is 0 Å². The van der Waals surface area contributed by atoms with Gasteiger partial charge in [-0.1, -0.05) is 41.2 Å². The first-order valence-corrected chi connectivity index (χ1v) is 10.3. The van der Waals surface area contributed by atoms with Crippen molar-refractivity contribution in [2.75, 3.05) is 5.32 Å². The average molecular weight is 434 g/mol. The van der Waals surface area contributed by atoms with Gasteiger partial charge in [0.25, 0.3) is 5.91 Å². The number of carbonyl (C=O) groups excluding carboxylic acids is 3. The Hall–Kier alpha value is -2.87. The molecular weight excluding hydrogens is 398 g/mol. The third-order valence-electron chi connectivity index (χ3n) is 4.70. The number of phenolic OH excluding ortho intramolecular Hbond substituents is 1. The quantitative estimate of drug-likeness (QED) is 0.269. The van der Waals surface area contributed by atoms with E-state index in [1.54, 1.807) is 12.1 Å². The molecule has 0 saturated carbocycles. The van der Waals surface area contributed by atoms with Gasteiger partial charge in [-0.3, -0.25) is 19.6 Å². The van der Waals surface area contributed by atoms with Crippen molar-refractivity contribution in [3.8, 4) is 5.75 Å². The summed E-state index contributed by atoms with van der Waals surface area (Å²) in [5, 5.41) is 25.2. The van der Waals surface area contributed by atoms with E-state index in [2.05, 4.69) is 17.2 Å². The molecule has 1 aromatic carbocycles.